The number of aliphatic hydroxyl groups excluding tert-OH is 22. The number of hydrogen-bond acceptors (Lipinski definition) is 29. The quantitative estimate of drug-likeness (QED) is 0.117. The Morgan fingerprint density at radius 1 is 0.324 bits per heavy atom. The first-order valence-electron chi connectivity index (χ1n) is 24.0. The molecule has 0 aromatic carbocycles. The zero-order valence-corrected chi connectivity index (χ0v) is 43.5. The zero-order valence-electron chi connectivity index (χ0n) is 43.5. The molecule has 6 aliphatic rings. The molecule has 6 rings (SSSR count). The molecule has 6 aliphatic heterocycles. The minimum atomic E-state index is -2.17. The summed E-state index contributed by atoms with van der Waals surface area (Å²) in [5, 5.41) is 211. The van der Waals surface area contributed by atoms with Gasteiger partial charge >= 0.3 is 0 Å². The maximum Gasteiger partial charge on any atom is 0.218 e. The number of rotatable bonds is 6. The summed E-state index contributed by atoms with van der Waals surface area (Å²) in [6.45, 7) is 13.7. The highest BCUT2D eigenvalue weighted by molar-refractivity contribution is 5.00. The van der Waals surface area contributed by atoms with Crippen molar-refractivity contribution in [2.24, 2.45) is 0 Å². The molecular formula is C45H90O29. The van der Waals surface area contributed by atoms with Gasteiger partial charge in [0, 0.05) is 6.42 Å². The highest BCUT2D eigenvalue weighted by Crippen LogP contribution is 2.33. The fourth-order valence-electron chi connectivity index (χ4n) is 8.34. The molecule has 0 spiro atoms. The van der Waals surface area contributed by atoms with Gasteiger partial charge in [0.25, 0.3) is 0 Å². The average Bonchev–Trinajstić information content (AvgIpc) is 3.54. The molecule has 74 heavy (non-hydrogen) atoms. The summed E-state index contributed by atoms with van der Waals surface area (Å²) in [5.74, 6) is -2.17. The Labute approximate surface area is 429 Å². The van der Waals surface area contributed by atoms with Gasteiger partial charge in [0.1, 0.15) is 122 Å². The summed E-state index contributed by atoms with van der Waals surface area (Å²) in [5.41, 5.74) is -4.08. The highest BCUT2D eigenvalue weighted by Gasteiger charge is 2.52. The monoisotopic (exact) mass is 1090 g/mol. The van der Waals surface area contributed by atoms with Crippen LogP contribution in [0.15, 0.2) is 0 Å². The first-order valence-corrected chi connectivity index (χ1v) is 24.0. The van der Waals surface area contributed by atoms with E-state index in [4.69, 9.17) is 69.6 Å². The number of ether oxygens (including phenoxy) is 6. The van der Waals surface area contributed by atoms with Crippen LogP contribution in [0.5, 0.6) is 0 Å². The highest BCUT2D eigenvalue weighted by atomic mass is 16.7. The van der Waals surface area contributed by atoms with Gasteiger partial charge in [-0.25, -0.2) is 0 Å². The Kier molecular flexibility index (Phi) is 27.6. The zero-order chi connectivity index (χ0) is 58.0. The Balaban J connectivity index is 0.000000444. The van der Waals surface area contributed by atoms with E-state index in [0.29, 0.717) is 6.42 Å². The van der Waals surface area contributed by atoms with Crippen LogP contribution in [0.2, 0.25) is 0 Å². The largest absolute Gasteiger partial charge is 0.394 e. The Morgan fingerprint density at radius 2 is 0.595 bits per heavy atom. The molecule has 6 heterocycles. The SMILES string of the molecule is CC1(C)CC(O)C(O)C(CO)O1.CC1(C)OC(CO)C(O)C(O)C1O.CC1(C)OC(CO)C(O)C(O)C1O.CC1(C)OC(CO)C(O)C(O)C1O.CC1(C)OC(CO)C(O)C1O.OCC1(O)OCC(O)C(O)C1O. The fraction of sp³-hybridized carbons (Fsp3) is 1.00. The molecule has 22 atom stereocenters. The van der Waals surface area contributed by atoms with Crippen molar-refractivity contribution in [3.8, 4) is 0 Å². The van der Waals surface area contributed by atoms with Gasteiger partial charge in [-0.3, -0.25) is 0 Å². The van der Waals surface area contributed by atoms with Crippen molar-refractivity contribution in [1.82, 2.24) is 0 Å². The molecule has 29 nitrogen and oxygen atoms in total. The van der Waals surface area contributed by atoms with Crippen LogP contribution in [0.1, 0.15) is 75.7 Å². The minimum absolute atomic E-state index is 0.262. The minimum Gasteiger partial charge on any atom is -0.394 e. The third-order valence-electron chi connectivity index (χ3n) is 13.3. The summed E-state index contributed by atoms with van der Waals surface area (Å²) in [6.07, 6.45) is -22.6. The fourth-order valence-corrected chi connectivity index (χ4v) is 8.34. The number of aliphatic hydroxyl groups is 23. The standard InChI is InChI=1S/3C8H16O5.C8H16O4.C7H14O4.C6H12O6/c3*1-8(2)7(12)6(11)5(10)4(3-9)13-8;1-8(2)3-5(10)7(11)6(4-9)12-8;1-7(2)6(10)5(9)4(3-8)11-7;7-2-6(11)5(10)4(9)3(8)1-12-6/h3*4-7,9-12H,3H2,1-2H3;5-7,9-11H,3-4H2,1-2H3;4-6,8-10H,3H2,1-2H3;3-5,7-11H,1-2H2. The van der Waals surface area contributed by atoms with Crippen molar-refractivity contribution in [2.75, 3.05) is 46.2 Å². The Hall–Kier alpha value is -1.16. The van der Waals surface area contributed by atoms with Crippen LogP contribution >= 0.6 is 0 Å². The molecule has 0 aromatic heterocycles. The lowest BCUT2D eigenvalue weighted by molar-refractivity contribution is -0.331. The van der Waals surface area contributed by atoms with E-state index in [-0.39, 0.29) is 39.6 Å². The van der Waals surface area contributed by atoms with Crippen LogP contribution in [0.4, 0.5) is 0 Å². The van der Waals surface area contributed by atoms with E-state index in [2.05, 4.69) is 4.74 Å². The van der Waals surface area contributed by atoms with Gasteiger partial charge in [0.15, 0.2) is 0 Å². The second-order valence-electron chi connectivity index (χ2n) is 21.7. The molecule has 22 unspecified atom stereocenters. The normalized spacial score (nSPS) is 44.6. The van der Waals surface area contributed by atoms with Gasteiger partial charge in [-0.2, -0.15) is 0 Å². The van der Waals surface area contributed by atoms with Gasteiger partial charge in [-0.05, 0) is 69.2 Å². The molecule has 6 saturated heterocycles. The van der Waals surface area contributed by atoms with Crippen LogP contribution in [-0.2, 0) is 28.4 Å². The maximum absolute atomic E-state index is 9.47. The molecule has 444 valence electrons. The van der Waals surface area contributed by atoms with E-state index in [0.717, 1.165) is 0 Å². The van der Waals surface area contributed by atoms with Crippen molar-refractivity contribution in [3.63, 3.8) is 0 Å². The summed E-state index contributed by atoms with van der Waals surface area (Å²) in [4.78, 5) is 0. The van der Waals surface area contributed by atoms with Crippen molar-refractivity contribution in [1.29, 1.82) is 0 Å². The summed E-state index contributed by atoms with van der Waals surface area (Å²) >= 11 is 0. The predicted octanol–water partition coefficient (Wildman–Crippen LogP) is -10.4. The van der Waals surface area contributed by atoms with E-state index in [1.165, 1.54) is 0 Å². The topological polar surface area (TPSA) is 521 Å². The molecule has 6 fully saturated rings. The van der Waals surface area contributed by atoms with Gasteiger partial charge in [-0.1, -0.05) is 0 Å². The van der Waals surface area contributed by atoms with E-state index in [1.807, 2.05) is 13.8 Å². The average molecular weight is 1100 g/mol. The molecule has 0 aliphatic carbocycles. The van der Waals surface area contributed by atoms with E-state index in [9.17, 15) is 71.5 Å². The second-order valence-corrected chi connectivity index (χ2v) is 21.7. The van der Waals surface area contributed by atoms with Crippen molar-refractivity contribution >= 4 is 0 Å². The van der Waals surface area contributed by atoms with Gasteiger partial charge in [0.05, 0.1) is 80.4 Å². The van der Waals surface area contributed by atoms with Gasteiger partial charge in [-0.15, -0.1) is 0 Å². The van der Waals surface area contributed by atoms with Crippen molar-refractivity contribution in [3.05, 3.63) is 0 Å². The predicted molar refractivity (Wildman–Crippen MR) is 249 cm³/mol. The maximum atomic E-state index is 9.47. The molecule has 29 heteroatoms. The Morgan fingerprint density at radius 3 is 0.851 bits per heavy atom. The summed E-state index contributed by atoms with van der Waals surface area (Å²) in [7, 11) is 0. The summed E-state index contributed by atoms with van der Waals surface area (Å²) in [6, 6.07) is 0. The van der Waals surface area contributed by atoms with Crippen LogP contribution in [0.25, 0.3) is 0 Å². The molecule has 0 saturated carbocycles. The summed E-state index contributed by atoms with van der Waals surface area (Å²) < 4.78 is 30.7. The second kappa shape index (κ2) is 28.8. The van der Waals surface area contributed by atoms with Crippen molar-refractivity contribution in [2.45, 2.75) is 238 Å². The lowest BCUT2D eigenvalue weighted by Crippen LogP contribution is -2.62. The lowest BCUT2D eigenvalue weighted by Gasteiger charge is -2.45. The molecule has 0 amide bonds. The van der Waals surface area contributed by atoms with Crippen LogP contribution in [0, 0.1) is 0 Å². The third kappa shape index (κ3) is 18.2. The van der Waals surface area contributed by atoms with E-state index >= 15 is 0 Å². The number of hydrogen-bond donors (Lipinski definition) is 23. The van der Waals surface area contributed by atoms with Crippen LogP contribution in [-0.4, -0.2) is 326 Å². The smallest absolute Gasteiger partial charge is 0.218 e. The first kappa shape index (κ1) is 70.9. The van der Waals surface area contributed by atoms with Crippen LogP contribution < -0.4 is 0 Å². The van der Waals surface area contributed by atoms with E-state index in [1.54, 1.807) is 55.4 Å². The molecule has 0 aromatic rings. The van der Waals surface area contributed by atoms with E-state index < -0.39 is 169 Å². The first-order chi connectivity index (χ1) is 33.7. The molecule has 0 radical (unpaired) electrons. The van der Waals surface area contributed by atoms with Gasteiger partial charge in [0.2, 0.25) is 5.79 Å². The van der Waals surface area contributed by atoms with Crippen molar-refractivity contribution < 1.29 is 146 Å². The van der Waals surface area contributed by atoms with Gasteiger partial charge < -0.3 is 146 Å². The lowest BCUT2D eigenvalue weighted by atomic mass is 9.87. The molecule has 0 bridgehead atoms. The van der Waals surface area contributed by atoms with Crippen LogP contribution in [0.3, 0.4) is 0 Å². The third-order valence-corrected chi connectivity index (χ3v) is 13.3. The molecular weight excluding hydrogens is 1000 g/mol. The molecule has 23 N–H and O–H groups in total. The Bertz CT molecular complexity index is 1490.